The van der Waals surface area contributed by atoms with Crippen molar-refractivity contribution in [2.45, 2.75) is 38.9 Å². The summed E-state index contributed by atoms with van der Waals surface area (Å²) in [6.45, 7) is 4.22. The van der Waals surface area contributed by atoms with Crippen LogP contribution in [0.4, 0.5) is 10.5 Å². The molecule has 1 saturated heterocycles. The topological polar surface area (TPSA) is 132 Å². The predicted molar refractivity (Wildman–Crippen MR) is 145 cm³/mol. The van der Waals surface area contributed by atoms with E-state index in [1.165, 1.54) is 22.2 Å². The maximum atomic E-state index is 13.9. The number of carbonyl (C=O) groups excluding carboxylic acids is 3. The monoisotopic (exact) mass is 529 g/mol. The number of hydrogen-bond donors (Lipinski definition) is 3. The molecule has 3 aromatic rings. The van der Waals surface area contributed by atoms with Gasteiger partial charge in [-0.05, 0) is 55.7 Å². The van der Waals surface area contributed by atoms with E-state index in [2.05, 4.69) is 15.6 Å². The van der Waals surface area contributed by atoms with Gasteiger partial charge in [-0.3, -0.25) is 24.3 Å². The number of rotatable bonds is 7. The lowest BCUT2D eigenvalue weighted by atomic mass is 10.0. The molecule has 3 N–H and O–H groups in total. The Kier molecular flexibility index (Phi) is 8.55. The molecule has 2 heterocycles. The largest absolute Gasteiger partial charge is 0.481 e. The smallest absolute Gasteiger partial charge is 0.323 e. The standard InChI is InChI=1S/C29H31N5O5/c1-19-7-3-9-21(15-19)24(17-25(35)36)32-26(37)27-33(28(38)22-10-5-12-30-18-22)13-6-14-34(27)29(39)31-23-11-4-8-20(2)16-23/h3-5,7-12,15-16,18,24,27H,6,13-14,17H2,1-2H3,(H,31,39)(H,32,37)(H,35,36). The number of nitrogens with zero attached hydrogens (tertiary/aromatic N) is 3. The number of carbonyl (C=O) groups is 4. The van der Waals surface area contributed by atoms with Gasteiger partial charge in [0.1, 0.15) is 0 Å². The Hall–Kier alpha value is -4.73. The molecule has 0 bridgehead atoms. The number of urea groups is 1. The lowest BCUT2D eigenvalue weighted by Gasteiger charge is -2.43. The minimum absolute atomic E-state index is 0.223. The van der Waals surface area contributed by atoms with Crippen LogP contribution in [0.5, 0.6) is 0 Å². The fourth-order valence-electron chi connectivity index (χ4n) is 4.67. The summed E-state index contributed by atoms with van der Waals surface area (Å²) in [5.74, 6) is -2.21. The Morgan fingerprint density at radius 1 is 0.974 bits per heavy atom. The van der Waals surface area contributed by atoms with Crippen molar-refractivity contribution in [3.8, 4) is 0 Å². The third-order valence-corrected chi connectivity index (χ3v) is 6.46. The second kappa shape index (κ2) is 12.2. The van der Waals surface area contributed by atoms with Crippen molar-refractivity contribution < 1.29 is 24.3 Å². The molecule has 10 heteroatoms. The molecule has 4 amide bonds. The number of aromatic nitrogens is 1. The Morgan fingerprint density at radius 3 is 2.36 bits per heavy atom. The van der Waals surface area contributed by atoms with Gasteiger partial charge in [0.15, 0.2) is 6.17 Å². The van der Waals surface area contributed by atoms with E-state index in [0.717, 1.165) is 11.1 Å². The maximum Gasteiger partial charge on any atom is 0.323 e. The third kappa shape index (κ3) is 6.78. The van der Waals surface area contributed by atoms with Gasteiger partial charge >= 0.3 is 12.0 Å². The Bertz CT molecular complexity index is 1360. The molecule has 1 aromatic heterocycles. The van der Waals surface area contributed by atoms with Gasteiger partial charge in [0, 0.05) is 31.2 Å². The molecule has 0 aliphatic carbocycles. The van der Waals surface area contributed by atoms with E-state index in [1.54, 1.807) is 42.5 Å². The highest BCUT2D eigenvalue weighted by molar-refractivity contribution is 6.00. The molecule has 0 spiro atoms. The average Bonchev–Trinajstić information content (AvgIpc) is 2.92. The van der Waals surface area contributed by atoms with Crippen molar-refractivity contribution >= 4 is 29.5 Å². The molecular formula is C29H31N5O5. The molecule has 10 nitrogen and oxygen atoms in total. The van der Waals surface area contributed by atoms with Crippen LogP contribution in [0.2, 0.25) is 0 Å². The van der Waals surface area contributed by atoms with Crippen molar-refractivity contribution in [3.05, 3.63) is 95.3 Å². The first-order chi connectivity index (χ1) is 18.7. The Morgan fingerprint density at radius 2 is 1.69 bits per heavy atom. The zero-order valence-electron chi connectivity index (χ0n) is 21.8. The van der Waals surface area contributed by atoms with Crippen molar-refractivity contribution in [1.82, 2.24) is 20.1 Å². The molecule has 2 aromatic carbocycles. The van der Waals surface area contributed by atoms with Crippen LogP contribution in [0.25, 0.3) is 0 Å². The summed E-state index contributed by atoms with van der Waals surface area (Å²) in [5, 5.41) is 15.2. The number of pyridine rings is 1. The summed E-state index contributed by atoms with van der Waals surface area (Å²) in [5.41, 5.74) is 3.30. The molecule has 4 rings (SSSR count). The number of benzene rings is 2. The highest BCUT2D eigenvalue weighted by atomic mass is 16.4. The van der Waals surface area contributed by atoms with Gasteiger partial charge in [0.2, 0.25) is 0 Å². The van der Waals surface area contributed by atoms with E-state index in [0.29, 0.717) is 17.7 Å². The number of amides is 4. The highest BCUT2D eigenvalue weighted by Gasteiger charge is 2.41. The van der Waals surface area contributed by atoms with Gasteiger partial charge < -0.3 is 20.6 Å². The summed E-state index contributed by atoms with van der Waals surface area (Å²) < 4.78 is 0. The fourth-order valence-corrected chi connectivity index (χ4v) is 4.67. The van der Waals surface area contributed by atoms with Crippen molar-refractivity contribution in [3.63, 3.8) is 0 Å². The molecule has 2 atom stereocenters. The number of aryl methyl sites for hydroxylation is 2. The first-order valence-corrected chi connectivity index (χ1v) is 12.7. The molecular weight excluding hydrogens is 498 g/mol. The van der Waals surface area contributed by atoms with Gasteiger partial charge in [-0.1, -0.05) is 42.0 Å². The van der Waals surface area contributed by atoms with Crippen LogP contribution in [-0.4, -0.2) is 63.0 Å². The Labute approximate surface area is 226 Å². The summed E-state index contributed by atoms with van der Waals surface area (Å²) in [4.78, 5) is 59.2. The number of carboxylic acids is 1. The quantitative estimate of drug-likeness (QED) is 0.427. The average molecular weight is 530 g/mol. The van der Waals surface area contributed by atoms with Crippen LogP contribution in [0, 0.1) is 13.8 Å². The number of nitrogens with one attached hydrogen (secondary N) is 2. The van der Waals surface area contributed by atoms with Crippen LogP contribution in [0.15, 0.2) is 73.1 Å². The minimum atomic E-state index is -1.31. The van der Waals surface area contributed by atoms with Gasteiger partial charge in [0.05, 0.1) is 18.0 Å². The van der Waals surface area contributed by atoms with E-state index in [4.69, 9.17) is 0 Å². The van der Waals surface area contributed by atoms with Gasteiger partial charge in [-0.2, -0.15) is 0 Å². The normalized spacial score (nSPS) is 15.8. The van der Waals surface area contributed by atoms with Crippen LogP contribution in [-0.2, 0) is 9.59 Å². The summed E-state index contributed by atoms with van der Waals surface area (Å²) >= 11 is 0. The lowest BCUT2D eigenvalue weighted by Crippen LogP contribution is -2.64. The van der Waals surface area contributed by atoms with Crippen LogP contribution in [0.3, 0.4) is 0 Å². The van der Waals surface area contributed by atoms with E-state index in [9.17, 15) is 24.3 Å². The van der Waals surface area contributed by atoms with E-state index in [1.807, 2.05) is 32.0 Å². The number of carboxylic acid groups (broad SMARTS) is 1. The number of anilines is 1. The van der Waals surface area contributed by atoms with Crippen LogP contribution < -0.4 is 10.6 Å². The van der Waals surface area contributed by atoms with Crippen molar-refractivity contribution in [2.75, 3.05) is 18.4 Å². The predicted octanol–water partition coefficient (Wildman–Crippen LogP) is 3.74. The first kappa shape index (κ1) is 27.3. The van der Waals surface area contributed by atoms with Gasteiger partial charge in [-0.15, -0.1) is 0 Å². The van der Waals surface area contributed by atoms with Crippen molar-refractivity contribution in [1.29, 1.82) is 0 Å². The molecule has 0 radical (unpaired) electrons. The first-order valence-electron chi connectivity index (χ1n) is 12.7. The fraction of sp³-hybridized carbons (Fsp3) is 0.276. The molecule has 39 heavy (non-hydrogen) atoms. The molecule has 2 unspecified atom stereocenters. The Balaban J connectivity index is 1.67. The second-order valence-corrected chi connectivity index (χ2v) is 9.53. The highest BCUT2D eigenvalue weighted by Crippen LogP contribution is 2.23. The van der Waals surface area contributed by atoms with Gasteiger partial charge in [0.25, 0.3) is 11.8 Å². The van der Waals surface area contributed by atoms with Gasteiger partial charge in [-0.25, -0.2) is 4.79 Å². The molecule has 1 aliphatic rings. The number of hydrogen-bond acceptors (Lipinski definition) is 5. The number of aliphatic carboxylic acids is 1. The molecule has 1 aliphatic heterocycles. The molecule has 202 valence electrons. The molecule has 0 saturated carbocycles. The summed E-state index contributed by atoms with van der Waals surface area (Å²) in [6.07, 6.45) is 1.72. The maximum absolute atomic E-state index is 13.9. The van der Waals surface area contributed by atoms with E-state index in [-0.39, 0.29) is 25.1 Å². The van der Waals surface area contributed by atoms with E-state index >= 15 is 0 Å². The zero-order chi connectivity index (χ0) is 27.9. The SMILES string of the molecule is Cc1cccc(NC(=O)N2CCCN(C(=O)c3cccnc3)C2C(=O)NC(CC(=O)O)c2cccc(C)c2)c1. The summed E-state index contributed by atoms with van der Waals surface area (Å²) in [7, 11) is 0. The van der Waals surface area contributed by atoms with Crippen LogP contribution in [0.1, 0.15) is 45.9 Å². The third-order valence-electron chi connectivity index (χ3n) is 6.46. The zero-order valence-corrected chi connectivity index (χ0v) is 21.8. The lowest BCUT2D eigenvalue weighted by molar-refractivity contribution is -0.138. The molecule has 1 fully saturated rings. The van der Waals surface area contributed by atoms with Crippen molar-refractivity contribution in [2.24, 2.45) is 0 Å². The second-order valence-electron chi connectivity index (χ2n) is 9.53. The summed E-state index contributed by atoms with van der Waals surface area (Å²) in [6, 6.07) is 16.2. The minimum Gasteiger partial charge on any atom is -0.481 e. The van der Waals surface area contributed by atoms with Crippen LogP contribution >= 0.6 is 0 Å². The van der Waals surface area contributed by atoms with E-state index < -0.39 is 36.0 Å².